The Morgan fingerprint density at radius 2 is 2.00 bits per heavy atom. The van der Waals surface area contributed by atoms with Gasteiger partial charge in [-0.1, -0.05) is 24.2 Å². The first-order valence-corrected chi connectivity index (χ1v) is 9.25. The number of esters is 1. The van der Waals surface area contributed by atoms with E-state index in [-0.39, 0.29) is 18.0 Å². The highest BCUT2D eigenvalue weighted by Crippen LogP contribution is 2.33. The molecule has 1 saturated heterocycles. The van der Waals surface area contributed by atoms with Gasteiger partial charge in [-0.05, 0) is 57.1 Å². The van der Waals surface area contributed by atoms with E-state index >= 15 is 0 Å². The van der Waals surface area contributed by atoms with Crippen LogP contribution in [0.5, 0.6) is 5.75 Å². The molecule has 5 nitrogen and oxygen atoms in total. The number of benzene rings is 1. The van der Waals surface area contributed by atoms with Gasteiger partial charge in [-0.15, -0.1) is 0 Å². The van der Waals surface area contributed by atoms with Crippen LogP contribution in [0, 0.1) is 5.92 Å². The Bertz CT molecular complexity index is 697. The van der Waals surface area contributed by atoms with Gasteiger partial charge >= 0.3 is 13.1 Å². The van der Waals surface area contributed by atoms with Crippen molar-refractivity contribution in [3.63, 3.8) is 0 Å². The third kappa shape index (κ3) is 4.02. The van der Waals surface area contributed by atoms with Crippen molar-refractivity contribution >= 4 is 30.2 Å². The predicted octanol–water partition coefficient (Wildman–Crippen LogP) is 3.48. The largest absolute Gasteiger partial charge is 0.563 e. The summed E-state index contributed by atoms with van der Waals surface area (Å²) in [7, 11) is 0.917. The standard InChI is InChI=1S/C19H24BClO5/c1-12-19(2,3)26-20(25-12)14-7-10-17(16(21)11-14)24-15-8-5-13(6-9-15)18(22)23-4/h7,10-11,13,15H,1,5-6,8-9H2,2-4H3. The molecule has 0 N–H and O–H groups in total. The molecule has 0 atom stereocenters. The Kier molecular flexibility index (Phi) is 5.54. The third-order valence-electron chi connectivity index (χ3n) is 5.05. The van der Waals surface area contributed by atoms with Gasteiger partial charge in [0.05, 0.1) is 29.9 Å². The lowest BCUT2D eigenvalue weighted by molar-refractivity contribution is -0.147. The van der Waals surface area contributed by atoms with Crippen LogP contribution in [0.4, 0.5) is 0 Å². The average Bonchev–Trinajstić information content (AvgIpc) is 2.89. The molecule has 7 heteroatoms. The number of carbonyl (C=O) groups excluding carboxylic acids is 1. The summed E-state index contributed by atoms with van der Waals surface area (Å²) >= 11 is 6.40. The first-order valence-electron chi connectivity index (χ1n) is 8.88. The molecule has 140 valence electrons. The fourth-order valence-electron chi connectivity index (χ4n) is 3.29. The first-order chi connectivity index (χ1) is 12.3. The van der Waals surface area contributed by atoms with E-state index in [1.807, 2.05) is 26.0 Å². The number of methoxy groups -OCH3 is 1. The van der Waals surface area contributed by atoms with E-state index in [0.717, 1.165) is 31.1 Å². The summed E-state index contributed by atoms with van der Waals surface area (Å²) in [5, 5.41) is 0.514. The van der Waals surface area contributed by atoms with Gasteiger partial charge in [0.2, 0.25) is 0 Å². The van der Waals surface area contributed by atoms with Crippen molar-refractivity contribution in [3.05, 3.63) is 35.6 Å². The van der Waals surface area contributed by atoms with E-state index in [2.05, 4.69) is 6.58 Å². The monoisotopic (exact) mass is 378 g/mol. The van der Waals surface area contributed by atoms with Crippen LogP contribution in [0.2, 0.25) is 5.02 Å². The first kappa shape index (κ1) is 19.1. The molecule has 1 heterocycles. The quantitative estimate of drug-likeness (QED) is 0.593. The Hall–Kier alpha value is -1.66. The Labute approximate surface area is 159 Å². The maximum absolute atomic E-state index is 11.6. The highest BCUT2D eigenvalue weighted by atomic mass is 35.5. The SMILES string of the molecule is C=C1OB(c2ccc(OC3CCC(C(=O)OC)CC3)c(Cl)c2)OC1(C)C. The molecule has 0 aromatic heterocycles. The zero-order valence-electron chi connectivity index (χ0n) is 15.4. The molecule has 1 saturated carbocycles. The van der Waals surface area contributed by atoms with Gasteiger partial charge in [-0.2, -0.15) is 0 Å². The molecule has 0 spiro atoms. The Morgan fingerprint density at radius 3 is 2.54 bits per heavy atom. The van der Waals surface area contributed by atoms with Crippen molar-refractivity contribution in [2.75, 3.05) is 7.11 Å². The third-order valence-corrected chi connectivity index (χ3v) is 5.35. The van der Waals surface area contributed by atoms with Gasteiger partial charge in [0.25, 0.3) is 0 Å². The number of rotatable bonds is 4. The summed E-state index contributed by atoms with van der Waals surface area (Å²) in [5.41, 5.74) is 0.299. The fourth-order valence-corrected chi connectivity index (χ4v) is 3.52. The normalized spacial score (nSPS) is 24.9. The minimum absolute atomic E-state index is 0.0224. The summed E-state index contributed by atoms with van der Waals surface area (Å²) in [5.74, 6) is 1.08. The number of carbonyl (C=O) groups is 1. The molecular weight excluding hydrogens is 354 g/mol. The highest BCUT2D eigenvalue weighted by molar-refractivity contribution is 6.62. The Balaban J connectivity index is 1.61. The van der Waals surface area contributed by atoms with Gasteiger partial charge in [-0.3, -0.25) is 4.79 Å². The van der Waals surface area contributed by atoms with E-state index in [1.165, 1.54) is 7.11 Å². The van der Waals surface area contributed by atoms with Crippen molar-refractivity contribution in [2.24, 2.45) is 5.92 Å². The molecule has 1 aromatic rings. The molecular formula is C19H24BClO5. The highest BCUT2D eigenvalue weighted by Gasteiger charge is 2.43. The second-order valence-electron chi connectivity index (χ2n) is 7.31. The second-order valence-corrected chi connectivity index (χ2v) is 7.71. The maximum atomic E-state index is 11.6. The van der Waals surface area contributed by atoms with Crippen LogP contribution in [-0.4, -0.2) is 31.9 Å². The van der Waals surface area contributed by atoms with E-state index in [1.54, 1.807) is 6.07 Å². The maximum Gasteiger partial charge on any atom is 0.563 e. The lowest BCUT2D eigenvalue weighted by Crippen LogP contribution is -2.34. The van der Waals surface area contributed by atoms with Crippen molar-refractivity contribution in [2.45, 2.75) is 51.2 Å². The molecule has 0 radical (unpaired) electrons. The zero-order valence-corrected chi connectivity index (χ0v) is 16.2. The van der Waals surface area contributed by atoms with Gasteiger partial charge in [0, 0.05) is 0 Å². The summed E-state index contributed by atoms with van der Waals surface area (Å²) in [4.78, 5) is 11.6. The minimum atomic E-state index is -0.523. The molecule has 0 bridgehead atoms. The van der Waals surface area contributed by atoms with Crippen LogP contribution < -0.4 is 10.2 Å². The van der Waals surface area contributed by atoms with Gasteiger partial charge in [0.1, 0.15) is 11.4 Å². The van der Waals surface area contributed by atoms with E-state index in [4.69, 9.17) is 30.4 Å². The van der Waals surface area contributed by atoms with Gasteiger partial charge in [0.15, 0.2) is 0 Å². The average molecular weight is 379 g/mol. The van der Waals surface area contributed by atoms with Crippen LogP contribution in [0.1, 0.15) is 39.5 Å². The molecule has 26 heavy (non-hydrogen) atoms. The smallest absolute Gasteiger partial charge is 0.534 e. The number of ether oxygens (including phenoxy) is 2. The van der Waals surface area contributed by atoms with E-state index < -0.39 is 12.7 Å². The van der Waals surface area contributed by atoms with Crippen LogP contribution in [-0.2, 0) is 18.8 Å². The number of hydrogen-bond donors (Lipinski definition) is 0. The molecule has 1 aromatic carbocycles. The minimum Gasteiger partial charge on any atom is -0.534 e. The topological polar surface area (TPSA) is 54.0 Å². The van der Waals surface area contributed by atoms with Crippen LogP contribution in [0.25, 0.3) is 0 Å². The second kappa shape index (κ2) is 7.53. The zero-order chi connectivity index (χ0) is 18.9. The predicted molar refractivity (Wildman–Crippen MR) is 101 cm³/mol. The van der Waals surface area contributed by atoms with Crippen LogP contribution in [0.3, 0.4) is 0 Å². The lowest BCUT2D eigenvalue weighted by atomic mass is 9.79. The van der Waals surface area contributed by atoms with Gasteiger partial charge < -0.3 is 18.8 Å². The number of hydrogen-bond acceptors (Lipinski definition) is 5. The lowest BCUT2D eigenvalue weighted by Gasteiger charge is -2.27. The summed E-state index contributed by atoms with van der Waals surface area (Å²) in [6.45, 7) is 7.72. The fraction of sp³-hybridized carbons (Fsp3) is 0.526. The van der Waals surface area contributed by atoms with E-state index in [0.29, 0.717) is 16.5 Å². The van der Waals surface area contributed by atoms with Crippen molar-refractivity contribution in [3.8, 4) is 5.75 Å². The van der Waals surface area contributed by atoms with Gasteiger partial charge in [-0.25, -0.2) is 0 Å². The summed E-state index contributed by atoms with van der Waals surface area (Å²) < 4.78 is 22.4. The molecule has 1 aliphatic carbocycles. The molecule has 0 unspecified atom stereocenters. The summed E-state index contributed by atoms with van der Waals surface area (Å²) in [6, 6.07) is 5.53. The molecule has 3 rings (SSSR count). The Morgan fingerprint density at radius 1 is 1.31 bits per heavy atom. The molecule has 0 amide bonds. The van der Waals surface area contributed by atoms with Crippen LogP contribution in [0.15, 0.2) is 30.5 Å². The summed E-state index contributed by atoms with van der Waals surface area (Å²) in [6.07, 6.45) is 3.21. The van der Waals surface area contributed by atoms with Crippen LogP contribution >= 0.6 is 11.6 Å². The van der Waals surface area contributed by atoms with E-state index in [9.17, 15) is 4.79 Å². The van der Waals surface area contributed by atoms with Crippen molar-refractivity contribution in [1.29, 1.82) is 0 Å². The molecule has 2 fully saturated rings. The molecule has 1 aliphatic heterocycles. The van der Waals surface area contributed by atoms with Crippen molar-refractivity contribution < 1.29 is 23.6 Å². The van der Waals surface area contributed by atoms with Crippen molar-refractivity contribution in [1.82, 2.24) is 0 Å². The molecule has 2 aliphatic rings. The number of halogens is 1.